The van der Waals surface area contributed by atoms with Gasteiger partial charge < -0.3 is 16.0 Å². The van der Waals surface area contributed by atoms with E-state index in [1.807, 2.05) is 4.90 Å². The zero-order valence-electron chi connectivity index (χ0n) is 11.3. The Hall–Kier alpha value is -1.75. The first kappa shape index (κ1) is 16.3. The van der Waals surface area contributed by atoms with E-state index < -0.39 is 0 Å². The Kier molecular flexibility index (Phi) is 6.31. The Labute approximate surface area is 124 Å². The number of carbonyl (C=O) groups is 2. The molecular weight excluding hydrogens is 278 g/mol. The van der Waals surface area contributed by atoms with Crippen molar-refractivity contribution in [2.45, 2.75) is 19.3 Å². The zero-order chi connectivity index (χ0) is 13.7. The van der Waals surface area contributed by atoms with Gasteiger partial charge in [0.1, 0.15) is 0 Å². The van der Waals surface area contributed by atoms with Crippen LogP contribution in [0.1, 0.15) is 29.6 Å². The first-order valence-electron chi connectivity index (χ1n) is 6.58. The largest absolute Gasteiger partial charge is 0.399 e. The lowest BCUT2D eigenvalue weighted by Gasteiger charge is -2.15. The van der Waals surface area contributed by atoms with Gasteiger partial charge in [0.2, 0.25) is 5.91 Å². The predicted molar refractivity (Wildman–Crippen MR) is 80.9 cm³/mol. The molecule has 0 saturated carbocycles. The lowest BCUT2D eigenvalue weighted by Crippen LogP contribution is -2.30. The smallest absolute Gasteiger partial charge is 0.251 e. The maximum Gasteiger partial charge on any atom is 0.251 e. The van der Waals surface area contributed by atoms with Gasteiger partial charge in [-0.1, -0.05) is 0 Å². The van der Waals surface area contributed by atoms with Crippen LogP contribution in [-0.2, 0) is 4.79 Å². The van der Waals surface area contributed by atoms with E-state index in [-0.39, 0.29) is 24.2 Å². The van der Waals surface area contributed by atoms with Gasteiger partial charge >= 0.3 is 0 Å². The molecule has 1 aromatic rings. The number of amides is 2. The Morgan fingerprint density at radius 2 is 2.00 bits per heavy atom. The van der Waals surface area contributed by atoms with Crippen LogP contribution < -0.4 is 11.1 Å². The number of nitrogens with two attached hydrogens (primary N) is 1. The Morgan fingerprint density at radius 1 is 1.30 bits per heavy atom. The summed E-state index contributed by atoms with van der Waals surface area (Å²) in [5.41, 5.74) is 6.81. The summed E-state index contributed by atoms with van der Waals surface area (Å²) in [5.74, 6) is 0.123. The summed E-state index contributed by atoms with van der Waals surface area (Å²) in [7, 11) is 0. The number of likely N-dealkylation sites (tertiary alicyclic amines) is 1. The fourth-order valence-electron chi connectivity index (χ4n) is 2.15. The molecule has 0 aromatic heterocycles. The van der Waals surface area contributed by atoms with Crippen molar-refractivity contribution < 1.29 is 9.59 Å². The fourth-order valence-corrected chi connectivity index (χ4v) is 2.15. The van der Waals surface area contributed by atoms with Gasteiger partial charge in [0.15, 0.2) is 0 Å². The van der Waals surface area contributed by atoms with Crippen LogP contribution in [-0.4, -0.2) is 36.3 Å². The van der Waals surface area contributed by atoms with Crippen LogP contribution in [0.25, 0.3) is 0 Å². The topological polar surface area (TPSA) is 75.4 Å². The summed E-state index contributed by atoms with van der Waals surface area (Å²) in [4.78, 5) is 25.0. The fraction of sp³-hybridized carbons (Fsp3) is 0.429. The van der Waals surface area contributed by atoms with E-state index >= 15 is 0 Å². The van der Waals surface area contributed by atoms with Crippen molar-refractivity contribution in [3.8, 4) is 0 Å². The number of carbonyl (C=O) groups excluding carboxylic acids is 2. The van der Waals surface area contributed by atoms with Crippen LogP contribution in [0.15, 0.2) is 24.3 Å². The third kappa shape index (κ3) is 4.42. The lowest BCUT2D eigenvalue weighted by molar-refractivity contribution is -0.127. The monoisotopic (exact) mass is 297 g/mol. The Bertz CT molecular complexity index is 462. The number of nitrogen functional groups attached to an aromatic ring is 1. The molecule has 1 aromatic carbocycles. The molecule has 0 bridgehead atoms. The summed E-state index contributed by atoms with van der Waals surface area (Å²) >= 11 is 0. The highest BCUT2D eigenvalue weighted by Crippen LogP contribution is 2.09. The highest BCUT2D eigenvalue weighted by molar-refractivity contribution is 5.94. The number of hydrogen-bond donors (Lipinski definition) is 2. The van der Waals surface area contributed by atoms with E-state index in [0.29, 0.717) is 24.2 Å². The van der Waals surface area contributed by atoms with Crippen molar-refractivity contribution in [1.29, 1.82) is 0 Å². The van der Waals surface area contributed by atoms with Gasteiger partial charge in [-0.3, -0.25) is 9.59 Å². The van der Waals surface area contributed by atoms with Gasteiger partial charge in [0, 0.05) is 37.3 Å². The summed E-state index contributed by atoms with van der Waals surface area (Å²) in [5, 5.41) is 2.84. The van der Waals surface area contributed by atoms with Crippen LogP contribution in [0.4, 0.5) is 5.69 Å². The molecule has 1 aliphatic heterocycles. The first-order chi connectivity index (χ1) is 9.16. The minimum absolute atomic E-state index is 0. The van der Waals surface area contributed by atoms with Gasteiger partial charge in [-0.25, -0.2) is 0 Å². The number of nitrogens with one attached hydrogen (secondary N) is 1. The number of rotatable bonds is 5. The molecule has 2 rings (SSSR count). The number of benzene rings is 1. The molecule has 1 heterocycles. The van der Waals surface area contributed by atoms with Gasteiger partial charge in [-0.15, -0.1) is 12.4 Å². The SMILES string of the molecule is Cl.Nc1ccc(C(=O)NCCCN2CCCC2=O)cc1. The second-order valence-corrected chi connectivity index (χ2v) is 4.72. The number of anilines is 1. The van der Waals surface area contributed by atoms with Crippen LogP contribution in [0, 0.1) is 0 Å². The second-order valence-electron chi connectivity index (χ2n) is 4.72. The van der Waals surface area contributed by atoms with E-state index in [0.717, 1.165) is 25.9 Å². The van der Waals surface area contributed by atoms with Crippen LogP contribution in [0.2, 0.25) is 0 Å². The quantitative estimate of drug-likeness (QED) is 0.638. The standard InChI is InChI=1S/C14H19N3O2.ClH/c15-12-6-4-11(5-7-12)14(19)16-8-2-10-17-9-1-3-13(17)18;/h4-7H,1-3,8-10,15H2,(H,16,19);1H. The maximum absolute atomic E-state index is 11.8. The highest BCUT2D eigenvalue weighted by Gasteiger charge is 2.18. The minimum atomic E-state index is -0.104. The van der Waals surface area contributed by atoms with Crippen LogP contribution >= 0.6 is 12.4 Å². The van der Waals surface area contributed by atoms with Gasteiger partial charge in [-0.05, 0) is 37.1 Å². The van der Waals surface area contributed by atoms with E-state index in [1.54, 1.807) is 24.3 Å². The molecule has 20 heavy (non-hydrogen) atoms. The molecule has 3 N–H and O–H groups in total. The van der Waals surface area contributed by atoms with E-state index in [9.17, 15) is 9.59 Å². The third-order valence-electron chi connectivity index (χ3n) is 3.23. The third-order valence-corrected chi connectivity index (χ3v) is 3.23. The average Bonchev–Trinajstić information content (AvgIpc) is 2.81. The number of halogens is 1. The molecule has 2 amide bonds. The van der Waals surface area contributed by atoms with Crippen molar-refractivity contribution in [2.75, 3.05) is 25.4 Å². The van der Waals surface area contributed by atoms with Crippen LogP contribution in [0.3, 0.4) is 0 Å². The summed E-state index contributed by atoms with van der Waals surface area (Å²) in [6, 6.07) is 6.82. The van der Waals surface area contributed by atoms with Crippen molar-refractivity contribution in [3.63, 3.8) is 0 Å². The van der Waals surface area contributed by atoms with Crippen molar-refractivity contribution >= 4 is 29.9 Å². The van der Waals surface area contributed by atoms with Gasteiger partial charge in [0.05, 0.1) is 0 Å². The van der Waals surface area contributed by atoms with E-state index in [1.165, 1.54) is 0 Å². The predicted octanol–water partition coefficient (Wildman–Crippen LogP) is 1.43. The molecule has 110 valence electrons. The molecule has 0 spiro atoms. The molecule has 1 saturated heterocycles. The summed E-state index contributed by atoms with van der Waals surface area (Å²) in [6.07, 6.45) is 2.40. The van der Waals surface area contributed by atoms with Crippen molar-refractivity contribution in [3.05, 3.63) is 29.8 Å². The molecule has 6 heteroatoms. The van der Waals surface area contributed by atoms with Gasteiger partial charge in [-0.2, -0.15) is 0 Å². The molecule has 1 fully saturated rings. The van der Waals surface area contributed by atoms with Gasteiger partial charge in [0.25, 0.3) is 5.91 Å². The molecular formula is C14H20ClN3O2. The Morgan fingerprint density at radius 3 is 2.60 bits per heavy atom. The second kappa shape index (κ2) is 7.75. The molecule has 1 aliphatic rings. The molecule has 5 nitrogen and oxygen atoms in total. The van der Waals surface area contributed by atoms with E-state index in [4.69, 9.17) is 5.73 Å². The van der Waals surface area contributed by atoms with Crippen LogP contribution in [0.5, 0.6) is 0 Å². The summed E-state index contributed by atoms with van der Waals surface area (Å²) < 4.78 is 0. The van der Waals surface area contributed by atoms with Crippen molar-refractivity contribution in [2.24, 2.45) is 0 Å². The first-order valence-corrected chi connectivity index (χ1v) is 6.58. The maximum atomic E-state index is 11.8. The van der Waals surface area contributed by atoms with E-state index in [2.05, 4.69) is 5.32 Å². The highest BCUT2D eigenvalue weighted by atomic mass is 35.5. The minimum Gasteiger partial charge on any atom is -0.399 e. The normalized spacial score (nSPS) is 14.0. The average molecular weight is 298 g/mol. The number of hydrogen-bond acceptors (Lipinski definition) is 3. The Balaban J connectivity index is 0.00000200. The summed E-state index contributed by atoms with van der Waals surface area (Å²) in [6.45, 7) is 2.15. The molecule has 0 atom stereocenters. The zero-order valence-corrected chi connectivity index (χ0v) is 12.1. The molecule has 0 aliphatic carbocycles. The molecule has 0 unspecified atom stereocenters. The number of nitrogens with zero attached hydrogens (tertiary/aromatic N) is 1. The lowest BCUT2D eigenvalue weighted by atomic mass is 10.2. The van der Waals surface area contributed by atoms with Crippen molar-refractivity contribution in [1.82, 2.24) is 10.2 Å². The molecule has 0 radical (unpaired) electrons.